The molecule has 7 heteroatoms. The van der Waals surface area contributed by atoms with Gasteiger partial charge in [0.1, 0.15) is 11.7 Å². The Balaban J connectivity index is 1.39. The van der Waals surface area contributed by atoms with Crippen molar-refractivity contribution in [2.75, 3.05) is 32.7 Å². The molecule has 1 unspecified atom stereocenters. The molecule has 1 amide bonds. The molecular weight excluding hydrogens is 316 g/mol. The Labute approximate surface area is 147 Å². The number of aromatic nitrogens is 1. The number of aliphatic imine (C=N–C) groups is 2. The van der Waals surface area contributed by atoms with Gasteiger partial charge in [-0.2, -0.15) is 0 Å². The van der Waals surface area contributed by atoms with Gasteiger partial charge < -0.3 is 14.7 Å². The molecule has 0 spiro atoms. The van der Waals surface area contributed by atoms with Gasteiger partial charge in [0.05, 0.1) is 12.4 Å². The number of hydrogen-bond donors (Lipinski definition) is 0. The normalized spacial score (nSPS) is 22.6. The van der Waals surface area contributed by atoms with Gasteiger partial charge in [0.15, 0.2) is 0 Å². The number of nitrogens with zero attached hydrogens (tertiary/aromatic N) is 6. The second-order valence-corrected chi connectivity index (χ2v) is 6.46. The summed E-state index contributed by atoms with van der Waals surface area (Å²) in [5.41, 5.74) is 0.694. The number of carbonyl (C=O) groups is 1. The van der Waals surface area contributed by atoms with Crippen LogP contribution in [-0.4, -0.2) is 76.5 Å². The molecule has 7 nitrogen and oxygen atoms in total. The van der Waals surface area contributed by atoms with Gasteiger partial charge in [-0.15, -0.1) is 0 Å². The molecule has 1 saturated heterocycles. The molecule has 130 valence electrons. The minimum absolute atomic E-state index is 0.0697. The van der Waals surface area contributed by atoms with Crippen LogP contribution < -0.4 is 0 Å². The zero-order valence-corrected chi connectivity index (χ0v) is 14.4. The lowest BCUT2D eigenvalue weighted by Gasteiger charge is -2.36. The third kappa shape index (κ3) is 3.14. The van der Waals surface area contributed by atoms with Crippen molar-refractivity contribution in [3.8, 4) is 0 Å². The topological polar surface area (TPSA) is 64.4 Å². The van der Waals surface area contributed by atoms with E-state index in [0.29, 0.717) is 24.7 Å². The molecule has 1 aromatic rings. The van der Waals surface area contributed by atoms with Crippen molar-refractivity contribution in [1.29, 1.82) is 0 Å². The van der Waals surface area contributed by atoms with Crippen LogP contribution in [0, 0.1) is 0 Å². The van der Waals surface area contributed by atoms with E-state index in [1.165, 1.54) is 0 Å². The second kappa shape index (κ2) is 6.66. The van der Waals surface area contributed by atoms with Crippen molar-refractivity contribution in [2.45, 2.75) is 19.4 Å². The van der Waals surface area contributed by atoms with Crippen LogP contribution in [0.15, 0.2) is 46.4 Å². The smallest absolute Gasteiger partial charge is 0.254 e. The maximum atomic E-state index is 12.5. The van der Waals surface area contributed by atoms with E-state index in [4.69, 9.17) is 4.99 Å². The number of pyridine rings is 1. The van der Waals surface area contributed by atoms with Crippen molar-refractivity contribution in [3.63, 3.8) is 0 Å². The lowest BCUT2D eigenvalue weighted by Crippen LogP contribution is -2.48. The summed E-state index contributed by atoms with van der Waals surface area (Å²) < 4.78 is 0. The molecule has 0 aliphatic carbocycles. The highest BCUT2D eigenvalue weighted by molar-refractivity contribution is 6.03. The van der Waals surface area contributed by atoms with E-state index in [0.717, 1.165) is 37.7 Å². The lowest BCUT2D eigenvalue weighted by molar-refractivity contribution is 0.0668. The Morgan fingerprint density at radius 3 is 2.68 bits per heavy atom. The first-order valence-corrected chi connectivity index (χ1v) is 8.79. The van der Waals surface area contributed by atoms with Crippen LogP contribution in [-0.2, 0) is 0 Å². The first kappa shape index (κ1) is 15.8. The van der Waals surface area contributed by atoms with E-state index >= 15 is 0 Å². The lowest BCUT2D eigenvalue weighted by atomic mass is 10.2. The highest BCUT2D eigenvalue weighted by Crippen LogP contribution is 2.20. The van der Waals surface area contributed by atoms with Gasteiger partial charge in [-0.05, 0) is 18.6 Å². The minimum atomic E-state index is 0.0697. The molecule has 3 aliphatic rings. The summed E-state index contributed by atoms with van der Waals surface area (Å²) in [4.78, 5) is 32.0. The van der Waals surface area contributed by atoms with E-state index < -0.39 is 0 Å². The summed E-state index contributed by atoms with van der Waals surface area (Å²) in [6, 6.07) is 3.89. The van der Waals surface area contributed by atoms with Crippen molar-refractivity contribution < 1.29 is 4.79 Å². The molecule has 0 aromatic carbocycles. The quantitative estimate of drug-likeness (QED) is 0.831. The van der Waals surface area contributed by atoms with Gasteiger partial charge in [0, 0.05) is 56.8 Å². The van der Waals surface area contributed by atoms with Crippen LogP contribution in [0.3, 0.4) is 0 Å². The van der Waals surface area contributed by atoms with Gasteiger partial charge in [-0.3, -0.25) is 14.8 Å². The predicted molar refractivity (Wildman–Crippen MR) is 96.5 cm³/mol. The Kier molecular flexibility index (Phi) is 4.21. The number of rotatable bonds is 3. The van der Waals surface area contributed by atoms with Gasteiger partial charge in [0.25, 0.3) is 5.91 Å². The van der Waals surface area contributed by atoms with Crippen LogP contribution in [0.25, 0.3) is 0 Å². The third-order valence-corrected chi connectivity index (χ3v) is 4.89. The molecule has 1 aromatic heterocycles. The standard InChI is InChI=1S/C18H22N6O/c1-2-15-12-24-13-20-16(11-17(24)21-15)22-7-9-23(10-8-22)18(25)14-3-5-19-6-4-14/h3-6,11,13,15H,2,7-10,12H2,1H3. The van der Waals surface area contributed by atoms with Crippen molar-refractivity contribution >= 4 is 18.1 Å². The molecule has 4 rings (SSSR count). The van der Waals surface area contributed by atoms with Crippen molar-refractivity contribution in [1.82, 2.24) is 19.7 Å². The SMILES string of the molecule is CCC1CN2C=NC(N3CCN(C(=O)c4ccncc4)CC3)=CC2=N1. The van der Waals surface area contributed by atoms with Crippen molar-refractivity contribution in [2.24, 2.45) is 9.98 Å². The fourth-order valence-corrected chi connectivity index (χ4v) is 3.34. The fourth-order valence-electron chi connectivity index (χ4n) is 3.34. The average Bonchev–Trinajstić information content (AvgIpc) is 3.10. The molecule has 1 atom stereocenters. The summed E-state index contributed by atoms with van der Waals surface area (Å²) in [6.07, 6.45) is 8.31. The van der Waals surface area contributed by atoms with Crippen LogP contribution in [0.2, 0.25) is 0 Å². The highest BCUT2D eigenvalue weighted by atomic mass is 16.2. The molecular formula is C18H22N6O. The summed E-state index contributed by atoms with van der Waals surface area (Å²) in [5, 5.41) is 0. The highest BCUT2D eigenvalue weighted by Gasteiger charge is 2.28. The number of carbonyl (C=O) groups excluding carboxylic acids is 1. The van der Waals surface area contributed by atoms with Gasteiger partial charge in [0.2, 0.25) is 0 Å². The molecule has 25 heavy (non-hydrogen) atoms. The number of amides is 1. The fraction of sp³-hybridized carbons (Fsp3) is 0.444. The Hall–Kier alpha value is -2.70. The molecule has 0 bridgehead atoms. The van der Waals surface area contributed by atoms with E-state index in [9.17, 15) is 4.79 Å². The van der Waals surface area contributed by atoms with Gasteiger partial charge in [-0.1, -0.05) is 6.92 Å². The zero-order valence-electron chi connectivity index (χ0n) is 14.4. The summed E-state index contributed by atoms with van der Waals surface area (Å²) in [6.45, 7) is 6.04. The molecule has 1 fully saturated rings. The van der Waals surface area contributed by atoms with Crippen LogP contribution in [0.4, 0.5) is 0 Å². The first-order chi connectivity index (χ1) is 12.2. The van der Waals surface area contributed by atoms with E-state index in [1.54, 1.807) is 24.5 Å². The van der Waals surface area contributed by atoms with E-state index in [-0.39, 0.29) is 5.91 Å². The Bertz CT molecular complexity index is 733. The molecule has 0 N–H and O–H groups in total. The largest absolute Gasteiger partial charge is 0.353 e. The molecule has 4 heterocycles. The van der Waals surface area contributed by atoms with Gasteiger partial charge in [-0.25, -0.2) is 4.99 Å². The predicted octanol–water partition coefficient (Wildman–Crippen LogP) is 1.22. The maximum Gasteiger partial charge on any atom is 0.254 e. The Morgan fingerprint density at radius 1 is 1.20 bits per heavy atom. The zero-order chi connectivity index (χ0) is 17.2. The summed E-state index contributed by atoms with van der Waals surface area (Å²) >= 11 is 0. The number of hydrogen-bond acceptors (Lipinski definition) is 6. The Morgan fingerprint density at radius 2 is 1.96 bits per heavy atom. The number of amidine groups is 1. The van der Waals surface area contributed by atoms with Crippen LogP contribution in [0.5, 0.6) is 0 Å². The number of piperazine rings is 1. The van der Waals surface area contributed by atoms with Crippen molar-refractivity contribution in [3.05, 3.63) is 42.0 Å². The first-order valence-electron chi connectivity index (χ1n) is 8.79. The summed E-state index contributed by atoms with van der Waals surface area (Å²) in [5.74, 6) is 2.02. The summed E-state index contributed by atoms with van der Waals surface area (Å²) in [7, 11) is 0. The second-order valence-electron chi connectivity index (χ2n) is 6.46. The van der Waals surface area contributed by atoms with Crippen LogP contribution >= 0.6 is 0 Å². The minimum Gasteiger partial charge on any atom is -0.353 e. The third-order valence-electron chi connectivity index (χ3n) is 4.89. The number of fused-ring (bicyclic) bond motifs is 1. The van der Waals surface area contributed by atoms with Gasteiger partial charge >= 0.3 is 0 Å². The molecule has 0 saturated carbocycles. The molecule has 3 aliphatic heterocycles. The maximum absolute atomic E-state index is 12.5. The molecule has 0 radical (unpaired) electrons. The van der Waals surface area contributed by atoms with E-state index in [2.05, 4.69) is 32.8 Å². The monoisotopic (exact) mass is 338 g/mol. The van der Waals surface area contributed by atoms with E-state index in [1.807, 2.05) is 11.2 Å². The average molecular weight is 338 g/mol. The van der Waals surface area contributed by atoms with Crippen LogP contribution in [0.1, 0.15) is 23.7 Å².